The van der Waals surface area contributed by atoms with E-state index in [4.69, 9.17) is 4.74 Å². The molecule has 1 aromatic carbocycles. The van der Waals surface area contributed by atoms with Crippen molar-refractivity contribution in [1.82, 2.24) is 5.32 Å². The van der Waals surface area contributed by atoms with Gasteiger partial charge in [-0.1, -0.05) is 67.5 Å². The van der Waals surface area contributed by atoms with E-state index in [1.807, 2.05) is 6.92 Å². The van der Waals surface area contributed by atoms with E-state index in [-0.39, 0.29) is 16.7 Å². The number of nitrogens with one attached hydrogen (secondary N) is 1. The van der Waals surface area contributed by atoms with Gasteiger partial charge in [0.15, 0.2) is 6.10 Å². The molecular formula is C23H39NO2. The molecule has 3 heteroatoms. The molecule has 0 bridgehead atoms. The summed E-state index contributed by atoms with van der Waals surface area (Å²) in [4.78, 5) is 12.4. The maximum absolute atomic E-state index is 12.4. The molecule has 3 nitrogen and oxygen atoms in total. The van der Waals surface area contributed by atoms with Crippen LogP contribution in [-0.2, 0) is 15.6 Å². The highest BCUT2D eigenvalue weighted by molar-refractivity contribution is 5.81. The molecular weight excluding hydrogens is 322 g/mol. The van der Waals surface area contributed by atoms with Crippen LogP contribution >= 0.6 is 0 Å². The van der Waals surface area contributed by atoms with E-state index in [9.17, 15) is 4.79 Å². The van der Waals surface area contributed by atoms with Gasteiger partial charge in [-0.2, -0.15) is 0 Å². The van der Waals surface area contributed by atoms with E-state index in [1.54, 1.807) is 0 Å². The van der Waals surface area contributed by atoms with E-state index < -0.39 is 6.10 Å². The molecule has 1 N–H and O–H groups in total. The van der Waals surface area contributed by atoms with Gasteiger partial charge in [0.1, 0.15) is 5.75 Å². The highest BCUT2D eigenvalue weighted by Gasteiger charge is 2.28. The van der Waals surface area contributed by atoms with Crippen LogP contribution in [0, 0.1) is 0 Å². The topological polar surface area (TPSA) is 38.3 Å². The van der Waals surface area contributed by atoms with Gasteiger partial charge in [0.2, 0.25) is 0 Å². The Bertz CT molecular complexity index is 590. The van der Waals surface area contributed by atoms with Crippen LogP contribution in [0.2, 0.25) is 0 Å². The number of rotatable bonds is 10. The summed E-state index contributed by atoms with van der Waals surface area (Å²) in [6.07, 6.45) is 3.23. The molecule has 0 fully saturated rings. The average Bonchev–Trinajstić information content (AvgIpc) is 2.63. The van der Waals surface area contributed by atoms with Crippen LogP contribution in [0.1, 0.15) is 92.2 Å². The molecule has 1 aromatic rings. The summed E-state index contributed by atoms with van der Waals surface area (Å²) in [6, 6.07) is 6.51. The van der Waals surface area contributed by atoms with Gasteiger partial charge in [0.05, 0.1) is 0 Å². The van der Waals surface area contributed by atoms with Crippen LogP contribution < -0.4 is 10.1 Å². The van der Waals surface area contributed by atoms with Gasteiger partial charge in [-0.3, -0.25) is 4.79 Å². The Hall–Kier alpha value is -1.51. The fourth-order valence-electron chi connectivity index (χ4n) is 2.81. The minimum atomic E-state index is -0.446. The zero-order valence-electron chi connectivity index (χ0n) is 18.2. The number of carbonyl (C=O) groups excluding carboxylic acids is 1. The van der Waals surface area contributed by atoms with Gasteiger partial charge in [-0.05, 0) is 48.1 Å². The molecule has 1 amide bonds. The maximum Gasteiger partial charge on any atom is 0.261 e. The first-order valence-electron chi connectivity index (χ1n) is 10.2. The minimum Gasteiger partial charge on any atom is -0.480 e. The van der Waals surface area contributed by atoms with Crippen molar-refractivity contribution >= 4 is 5.91 Å². The van der Waals surface area contributed by atoms with Crippen molar-refractivity contribution in [1.29, 1.82) is 0 Å². The van der Waals surface area contributed by atoms with Gasteiger partial charge in [0.25, 0.3) is 5.91 Å². The summed E-state index contributed by atoms with van der Waals surface area (Å²) in [5.74, 6) is 0.818. The molecule has 0 heterocycles. The van der Waals surface area contributed by atoms with Crippen molar-refractivity contribution in [3.8, 4) is 5.75 Å². The van der Waals surface area contributed by atoms with Gasteiger partial charge >= 0.3 is 0 Å². The second-order valence-corrected chi connectivity index (χ2v) is 8.49. The molecule has 1 rings (SSSR count). The SMILES string of the molecule is CCCNC(=O)C(CC)Oc1ccc(C(C)(C)CC)cc1C(C)(C)CC. The first kappa shape index (κ1) is 22.5. The Morgan fingerprint density at radius 2 is 1.65 bits per heavy atom. The molecule has 0 aliphatic carbocycles. The molecule has 0 saturated carbocycles. The quantitative estimate of drug-likeness (QED) is 0.576. The number of benzene rings is 1. The fourth-order valence-corrected chi connectivity index (χ4v) is 2.81. The van der Waals surface area contributed by atoms with Crippen molar-refractivity contribution in [3.63, 3.8) is 0 Å². The Morgan fingerprint density at radius 3 is 2.15 bits per heavy atom. The van der Waals surface area contributed by atoms with Crippen molar-refractivity contribution in [2.24, 2.45) is 0 Å². The van der Waals surface area contributed by atoms with E-state index in [2.05, 4.69) is 72.0 Å². The van der Waals surface area contributed by atoms with Crippen molar-refractivity contribution in [2.45, 2.75) is 98.0 Å². The van der Waals surface area contributed by atoms with Crippen LogP contribution in [-0.4, -0.2) is 18.6 Å². The Morgan fingerprint density at radius 1 is 1.04 bits per heavy atom. The third-order valence-corrected chi connectivity index (χ3v) is 5.74. The Labute approximate surface area is 160 Å². The number of hydrogen-bond acceptors (Lipinski definition) is 2. The van der Waals surface area contributed by atoms with Crippen molar-refractivity contribution in [2.75, 3.05) is 6.54 Å². The van der Waals surface area contributed by atoms with Crippen LogP contribution in [0.4, 0.5) is 0 Å². The average molecular weight is 362 g/mol. The molecule has 0 aliphatic rings. The van der Waals surface area contributed by atoms with Crippen LogP contribution in [0.3, 0.4) is 0 Å². The fraction of sp³-hybridized carbons (Fsp3) is 0.696. The summed E-state index contributed by atoms with van der Waals surface area (Å²) in [6.45, 7) is 18.2. The second-order valence-electron chi connectivity index (χ2n) is 8.49. The lowest BCUT2D eigenvalue weighted by Gasteiger charge is -2.31. The van der Waals surface area contributed by atoms with Gasteiger partial charge < -0.3 is 10.1 Å². The van der Waals surface area contributed by atoms with E-state index in [0.29, 0.717) is 13.0 Å². The third-order valence-electron chi connectivity index (χ3n) is 5.74. The third kappa shape index (κ3) is 5.49. The molecule has 0 aliphatic heterocycles. The molecule has 1 atom stereocenters. The smallest absolute Gasteiger partial charge is 0.261 e. The summed E-state index contributed by atoms with van der Waals surface area (Å²) in [7, 11) is 0. The molecule has 1 unspecified atom stereocenters. The highest BCUT2D eigenvalue weighted by Crippen LogP contribution is 2.38. The van der Waals surface area contributed by atoms with E-state index >= 15 is 0 Å². The normalized spacial score (nSPS) is 13.4. The maximum atomic E-state index is 12.4. The molecule has 0 aromatic heterocycles. The first-order chi connectivity index (χ1) is 12.1. The Balaban J connectivity index is 3.26. The summed E-state index contributed by atoms with van der Waals surface area (Å²) in [5.41, 5.74) is 2.64. The number of amides is 1. The molecule has 26 heavy (non-hydrogen) atoms. The van der Waals surface area contributed by atoms with E-state index in [1.165, 1.54) is 11.1 Å². The predicted molar refractivity (Wildman–Crippen MR) is 111 cm³/mol. The van der Waals surface area contributed by atoms with Gasteiger partial charge in [-0.25, -0.2) is 0 Å². The number of ether oxygens (including phenoxy) is 1. The molecule has 0 saturated heterocycles. The summed E-state index contributed by atoms with van der Waals surface area (Å²) >= 11 is 0. The zero-order chi connectivity index (χ0) is 20.0. The highest BCUT2D eigenvalue weighted by atomic mass is 16.5. The number of hydrogen-bond donors (Lipinski definition) is 1. The van der Waals surface area contributed by atoms with Crippen LogP contribution in [0.5, 0.6) is 5.75 Å². The summed E-state index contributed by atoms with van der Waals surface area (Å²) < 4.78 is 6.23. The lowest BCUT2D eigenvalue weighted by Crippen LogP contribution is -2.38. The van der Waals surface area contributed by atoms with Crippen LogP contribution in [0.15, 0.2) is 18.2 Å². The predicted octanol–water partition coefficient (Wildman–Crippen LogP) is 5.75. The molecule has 0 spiro atoms. The molecule has 148 valence electrons. The number of carbonyl (C=O) groups is 1. The first-order valence-corrected chi connectivity index (χ1v) is 10.2. The van der Waals surface area contributed by atoms with E-state index in [0.717, 1.165) is 25.0 Å². The zero-order valence-corrected chi connectivity index (χ0v) is 18.2. The van der Waals surface area contributed by atoms with Crippen molar-refractivity contribution < 1.29 is 9.53 Å². The standard InChI is InChI=1S/C23H39NO2/c1-9-15-24-21(25)19(10-2)26-20-14-13-17(22(5,6)11-3)16-18(20)23(7,8)12-4/h13-14,16,19H,9-12,15H2,1-8H3,(H,24,25). The Kier molecular flexibility index (Phi) is 8.17. The minimum absolute atomic E-state index is 0.00660. The lowest BCUT2D eigenvalue weighted by atomic mass is 9.76. The lowest BCUT2D eigenvalue weighted by molar-refractivity contribution is -0.128. The van der Waals surface area contributed by atoms with Gasteiger partial charge in [-0.15, -0.1) is 0 Å². The monoisotopic (exact) mass is 361 g/mol. The largest absolute Gasteiger partial charge is 0.480 e. The van der Waals surface area contributed by atoms with Crippen LogP contribution in [0.25, 0.3) is 0 Å². The summed E-state index contributed by atoms with van der Waals surface area (Å²) in [5, 5.41) is 2.96. The molecule has 0 radical (unpaired) electrons. The van der Waals surface area contributed by atoms with Gasteiger partial charge in [0, 0.05) is 12.1 Å². The second kappa shape index (κ2) is 9.43. The van der Waals surface area contributed by atoms with Crippen molar-refractivity contribution in [3.05, 3.63) is 29.3 Å².